The third-order valence-corrected chi connectivity index (χ3v) is 4.30. The van der Waals surface area contributed by atoms with E-state index < -0.39 is 0 Å². The number of rotatable bonds is 5. The summed E-state index contributed by atoms with van der Waals surface area (Å²) in [4.78, 5) is 0. The Kier molecular flexibility index (Phi) is 3.66. The van der Waals surface area contributed by atoms with Crippen molar-refractivity contribution < 1.29 is 0 Å². The highest BCUT2D eigenvalue weighted by Crippen LogP contribution is 2.44. The van der Waals surface area contributed by atoms with E-state index in [0.29, 0.717) is 18.5 Å². The molecule has 0 spiro atoms. The lowest BCUT2D eigenvalue weighted by molar-refractivity contribution is 0.297. The Bertz CT molecular complexity index is 302. The molecule has 5 atom stereocenters. The minimum Gasteiger partial charge on any atom is -0.310 e. The van der Waals surface area contributed by atoms with Crippen molar-refractivity contribution in [3.05, 3.63) is 12.2 Å². The van der Waals surface area contributed by atoms with Crippen molar-refractivity contribution in [2.75, 3.05) is 0 Å². The summed E-state index contributed by atoms with van der Waals surface area (Å²) in [6.45, 7) is 4.45. The van der Waals surface area contributed by atoms with Crippen LogP contribution in [0.15, 0.2) is 12.2 Å². The quantitative estimate of drug-likeness (QED) is 0.720. The van der Waals surface area contributed by atoms with Crippen LogP contribution in [0.2, 0.25) is 0 Å². The molecule has 2 nitrogen and oxygen atoms in total. The predicted molar refractivity (Wildman–Crippen MR) is 65.8 cm³/mol. The third-order valence-electron chi connectivity index (χ3n) is 4.30. The summed E-state index contributed by atoms with van der Waals surface area (Å²) in [6.07, 6.45) is 9.19. The van der Waals surface area contributed by atoms with Crippen molar-refractivity contribution >= 4 is 0 Å². The van der Waals surface area contributed by atoms with Crippen LogP contribution in [0.5, 0.6) is 0 Å². The van der Waals surface area contributed by atoms with Gasteiger partial charge < -0.3 is 5.32 Å². The number of fused-ring (bicyclic) bond motifs is 2. The second kappa shape index (κ2) is 5.01. The molecule has 0 aromatic carbocycles. The van der Waals surface area contributed by atoms with Crippen molar-refractivity contribution in [3.63, 3.8) is 0 Å². The van der Waals surface area contributed by atoms with Crippen molar-refractivity contribution in [1.29, 1.82) is 5.26 Å². The zero-order valence-corrected chi connectivity index (χ0v) is 10.3. The Morgan fingerprint density at radius 2 is 2.25 bits per heavy atom. The van der Waals surface area contributed by atoms with Crippen LogP contribution in [0.1, 0.15) is 39.5 Å². The summed E-state index contributed by atoms with van der Waals surface area (Å²) < 4.78 is 0. The van der Waals surface area contributed by atoms with Gasteiger partial charge >= 0.3 is 0 Å². The molecule has 0 heterocycles. The van der Waals surface area contributed by atoms with E-state index in [0.717, 1.165) is 24.2 Å². The van der Waals surface area contributed by atoms with Gasteiger partial charge in [-0.25, -0.2) is 0 Å². The SMILES string of the molecule is CCC(CC#N)NC(C)C1CC2C=CC1C2. The molecule has 0 saturated heterocycles. The minimum absolute atomic E-state index is 0.378. The summed E-state index contributed by atoms with van der Waals surface area (Å²) in [5.41, 5.74) is 0. The molecule has 0 aliphatic heterocycles. The second-order valence-corrected chi connectivity index (χ2v) is 5.37. The molecule has 2 heteroatoms. The summed E-state index contributed by atoms with van der Waals surface area (Å²) >= 11 is 0. The van der Waals surface area contributed by atoms with E-state index in [2.05, 4.69) is 37.4 Å². The first kappa shape index (κ1) is 11.7. The molecule has 16 heavy (non-hydrogen) atoms. The van der Waals surface area contributed by atoms with Crippen molar-refractivity contribution in [2.24, 2.45) is 17.8 Å². The van der Waals surface area contributed by atoms with Crippen LogP contribution in [0.3, 0.4) is 0 Å². The monoisotopic (exact) mass is 218 g/mol. The van der Waals surface area contributed by atoms with Crippen LogP contribution in [-0.4, -0.2) is 12.1 Å². The van der Waals surface area contributed by atoms with Gasteiger partial charge in [0.15, 0.2) is 0 Å². The third kappa shape index (κ3) is 2.30. The van der Waals surface area contributed by atoms with Crippen molar-refractivity contribution in [2.45, 2.75) is 51.6 Å². The molecule has 0 aromatic rings. The summed E-state index contributed by atoms with van der Waals surface area (Å²) in [7, 11) is 0. The van der Waals surface area contributed by atoms with Gasteiger partial charge in [-0.1, -0.05) is 19.1 Å². The van der Waals surface area contributed by atoms with Crippen LogP contribution < -0.4 is 5.32 Å². The maximum Gasteiger partial charge on any atom is 0.0638 e. The van der Waals surface area contributed by atoms with E-state index in [-0.39, 0.29) is 0 Å². The Labute approximate surface area is 98.7 Å². The minimum atomic E-state index is 0.378. The lowest BCUT2D eigenvalue weighted by atomic mass is 9.87. The molecule has 0 aromatic heterocycles. The van der Waals surface area contributed by atoms with Crippen molar-refractivity contribution in [1.82, 2.24) is 5.32 Å². The molecule has 2 bridgehead atoms. The lowest BCUT2D eigenvalue weighted by Gasteiger charge is -2.29. The number of allylic oxidation sites excluding steroid dienone is 2. The van der Waals surface area contributed by atoms with Gasteiger partial charge in [0.1, 0.15) is 0 Å². The summed E-state index contributed by atoms with van der Waals surface area (Å²) in [6, 6.07) is 3.20. The average Bonchev–Trinajstić information content (AvgIpc) is 2.89. The molecule has 2 aliphatic carbocycles. The van der Waals surface area contributed by atoms with Gasteiger partial charge in [-0.15, -0.1) is 0 Å². The molecule has 88 valence electrons. The Hall–Kier alpha value is -0.810. The normalized spacial score (nSPS) is 34.9. The van der Waals surface area contributed by atoms with Crippen LogP contribution in [0.4, 0.5) is 0 Å². The first-order valence-electron chi connectivity index (χ1n) is 6.56. The molecule has 1 saturated carbocycles. The maximum absolute atomic E-state index is 8.75. The highest BCUT2D eigenvalue weighted by Gasteiger charge is 2.38. The Balaban J connectivity index is 1.86. The Morgan fingerprint density at radius 1 is 1.44 bits per heavy atom. The van der Waals surface area contributed by atoms with Gasteiger partial charge in [0.05, 0.1) is 12.5 Å². The zero-order valence-electron chi connectivity index (χ0n) is 10.3. The molecule has 0 amide bonds. The number of hydrogen-bond donors (Lipinski definition) is 1. The van der Waals surface area contributed by atoms with E-state index in [1.165, 1.54) is 12.8 Å². The fraction of sp³-hybridized carbons (Fsp3) is 0.786. The van der Waals surface area contributed by atoms with E-state index in [9.17, 15) is 0 Å². The number of nitrogens with one attached hydrogen (secondary N) is 1. The molecule has 5 unspecified atom stereocenters. The van der Waals surface area contributed by atoms with Crippen LogP contribution >= 0.6 is 0 Å². The topological polar surface area (TPSA) is 35.8 Å². The van der Waals surface area contributed by atoms with Gasteiger partial charge in [0, 0.05) is 12.1 Å². The highest BCUT2D eigenvalue weighted by atomic mass is 15.0. The van der Waals surface area contributed by atoms with Gasteiger partial charge in [0.25, 0.3) is 0 Å². The Morgan fingerprint density at radius 3 is 2.75 bits per heavy atom. The zero-order chi connectivity index (χ0) is 11.5. The predicted octanol–water partition coefficient (Wildman–Crippen LogP) is 2.87. The van der Waals surface area contributed by atoms with Gasteiger partial charge in [0.2, 0.25) is 0 Å². The summed E-state index contributed by atoms with van der Waals surface area (Å²) in [5, 5.41) is 12.4. The first-order valence-corrected chi connectivity index (χ1v) is 6.56. The fourth-order valence-electron chi connectivity index (χ4n) is 3.32. The average molecular weight is 218 g/mol. The first-order chi connectivity index (χ1) is 7.74. The van der Waals surface area contributed by atoms with Crippen LogP contribution in [0, 0.1) is 29.1 Å². The van der Waals surface area contributed by atoms with Gasteiger partial charge in [-0.2, -0.15) is 5.26 Å². The number of nitrogens with zero attached hydrogens (tertiary/aromatic N) is 1. The molecule has 2 aliphatic rings. The molecule has 1 fully saturated rings. The van der Waals surface area contributed by atoms with Gasteiger partial charge in [-0.05, 0) is 43.9 Å². The van der Waals surface area contributed by atoms with E-state index in [1.807, 2.05) is 0 Å². The maximum atomic E-state index is 8.75. The van der Waals surface area contributed by atoms with E-state index >= 15 is 0 Å². The molecular formula is C14H22N2. The second-order valence-electron chi connectivity index (χ2n) is 5.37. The smallest absolute Gasteiger partial charge is 0.0638 e. The molecule has 1 N–H and O–H groups in total. The largest absolute Gasteiger partial charge is 0.310 e. The molecule has 2 rings (SSSR count). The summed E-state index contributed by atoms with van der Waals surface area (Å²) in [5.74, 6) is 2.44. The van der Waals surface area contributed by atoms with Gasteiger partial charge in [-0.3, -0.25) is 0 Å². The fourth-order valence-corrected chi connectivity index (χ4v) is 3.32. The lowest BCUT2D eigenvalue weighted by Crippen LogP contribution is -2.41. The highest BCUT2D eigenvalue weighted by molar-refractivity contribution is 5.11. The van der Waals surface area contributed by atoms with E-state index in [1.54, 1.807) is 0 Å². The number of hydrogen-bond acceptors (Lipinski definition) is 2. The molecule has 0 radical (unpaired) electrons. The molecular weight excluding hydrogens is 196 g/mol. The van der Waals surface area contributed by atoms with Crippen LogP contribution in [-0.2, 0) is 0 Å². The van der Waals surface area contributed by atoms with Crippen LogP contribution in [0.25, 0.3) is 0 Å². The standard InChI is InChI=1S/C14H22N2/c1-3-13(6-7-15)16-10(2)14-9-11-4-5-12(14)8-11/h4-5,10-14,16H,3,6,8-9H2,1-2H3. The van der Waals surface area contributed by atoms with E-state index in [4.69, 9.17) is 5.26 Å². The number of nitriles is 1. The van der Waals surface area contributed by atoms with Crippen molar-refractivity contribution in [3.8, 4) is 6.07 Å².